The van der Waals surface area contributed by atoms with Gasteiger partial charge in [-0.05, 0) is 19.9 Å². The number of carbonyl (C=O) groups excluding carboxylic acids is 1. The number of hydrogen-bond acceptors (Lipinski definition) is 4. The van der Waals surface area contributed by atoms with Crippen LogP contribution in [0.25, 0.3) is 0 Å². The highest BCUT2D eigenvalue weighted by atomic mass is 16.2. The molecule has 7 nitrogen and oxygen atoms in total. The zero-order valence-corrected chi connectivity index (χ0v) is 11.8. The standard InChI is InChI=1S/C13H20N4O3/c1-14-8-10-4-3-6-17(10)12(19)9-16-7-5-11(18)15(2)13(16)20/h5,7,10,14H,3-4,6,8-9H2,1-2H3/t10-/m0/s1. The number of nitrogens with one attached hydrogen (secondary N) is 1. The molecular weight excluding hydrogens is 260 g/mol. The molecule has 0 aromatic carbocycles. The van der Waals surface area contributed by atoms with Gasteiger partial charge in [0.05, 0.1) is 0 Å². The fourth-order valence-electron chi connectivity index (χ4n) is 2.59. The average molecular weight is 280 g/mol. The molecule has 0 radical (unpaired) electrons. The molecule has 1 aliphatic heterocycles. The topological polar surface area (TPSA) is 76.3 Å². The monoisotopic (exact) mass is 280 g/mol. The van der Waals surface area contributed by atoms with Gasteiger partial charge < -0.3 is 10.2 Å². The molecule has 1 aromatic rings. The Labute approximate surface area is 116 Å². The molecule has 1 fully saturated rings. The number of likely N-dealkylation sites (tertiary alicyclic amines) is 1. The lowest BCUT2D eigenvalue weighted by Gasteiger charge is -2.24. The van der Waals surface area contributed by atoms with Crippen molar-refractivity contribution in [2.24, 2.45) is 7.05 Å². The highest BCUT2D eigenvalue weighted by Gasteiger charge is 2.28. The fraction of sp³-hybridized carbons (Fsp3) is 0.615. The van der Waals surface area contributed by atoms with Crippen LogP contribution in [0.2, 0.25) is 0 Å². The van der Waals surface area contributed by atoms with Crippen molar-refractivity contribution in [2.45, 2.75) is 25.4 Å². The maximum Gasteiger partial charge on any atom is 0.331 e. The highest BCUT2D eigenvalue weighted by molar-refractivity contribution is 5.76. The van der Waals surface area contributed by atoms with Crippen molar-refractivity contribution in [2.75, 3.05) is 20.1 Å². The maximum absolute atomic E-state index is 12.3. The van der Waals surface area contributed by atoms with E-state index in [9.17, 15) is 14.4 Å². The minimum absolute atomic E-state index is 0.0207. The van der Waals surface area contributed by atoms with Crippen LogP contribution in [-0.4, -0.2) is 46.1 Å². The molecule has 110 valence electrons. The summed E-state index contributed by atoms with van der Waals surface area (Å²) < 4.78 is 2.28. The van der Waals surface area contributed by atoms with Gasteiger partial charge in [0, 0.05) is 38.4 Å². The third-order valence-electron chi connectivity index (χ3n) is 3.70. The van der Waals surface area contributed by atoms with E-state index in [0.29, 0.717) is 0 Å². The van der Waals surface area contributed by atoms with Crippen molar-refractivity contribution < 1.29 is 4.79 Å². The van der Waals surface area contributed by atoms with Gasteiger partial charge in [0.15, 0.2) is 0 Å². The Kier molecular flexibility index (Phi) is 4.39. The van der Waals surface area contributed by atoms with Crippen LogP contribution < -0.4 is 16.6 Å². The SMILES string of the molecule is CNC[C@@H]1CCCN1C(=O)Cn1ccc(=O)n(C)c1=O. The first-order valence-corrected chi connectivity index (χ1v) is 6.75. The van der Waals surface area contributed by atoms with Crippen LogP contribution in [0.5, 0.6) is 0 Å². The maximum atomic E-state index is 12.3. The summed E-state index contributed by atoms with van der Waals surface area (Å²) in [5, 5.41) is 3.08. The quantitative estimate of drug-likeness (QED) is 0.748. The Morgan fingerprint density at radius 1 is 1.45 bits per heavy atom. The molecule has 1 atom stereocenters. The third kappa shape index (κ3) is 2.82. The molecular formula is C13H20N4O3. The van der Waals surface area contributed by atoms with Crippen LogP contribution in [0.3, 0.4) is 0 Å². The minimum atomic E-state index is -0.463. The zero-order valence-electron chi connectivity index (χ0n) is 11.8. The van der Waals surface area contributed by atoms with Crippen LogP contribution in [0.15, 0.2) is 21.9 Å². The number of aromatic nitrogens is 2. The van der Waals surface area contributed by atoms with Crippen molar-refractivity contribution in [3.05, 3.63) is 33.1 Å². The molecule has 1 saturated heterocycles. The zero-order chi connectivity index (χ0) is 14.7. The molecule has 20 heavy (non-hydrogen) atoms. The Morgan fingerprint density at radius 3 is 2.90 bits per heavy atom. The molecule has 0 unspecified atom stereocenters. The Hall–Kier alpha value is -1.89. The summed E-state index contributed by atoms with van der Waals surface area (Å²) in [4.78, 5) is 37.3. The summed E-state index contributed by atoms with van der Waals surface area (Å²) in [7, 11) is 3.27. The van der Waals surface area contributed by atoms with Gasteiger partial charge in [-0.1, -0.05) is 0 Å². The third-order valence-corrected chi connectivity index (χ3v) is 3.70. The first-order valence-electron chi connectivity index (χ1n) is 6.75. The lowest BCUT2D eigenvalue weighted by atomic mass is 10.2. The summed E-state index contributed by atoms with van der Waals surface area (Å²) in [5.74, 6) is -0.0801. The van der Waals surface area contributed by atoms with Gasteiger partial charge in [-0.15, -0.1) is 0 Å². The number of amides is 1. The minimum Gasteiger partial charge on any atom is -0.337 e. The molecule has 1 amide bonds. The molecule has 7 heteroatoms. The van der Waals surface area contributed by atoms with Gasteiger partial charge >= 0.3 is 5.69 Å². The second kappa shape index (κ2) is 6.04. The second-order valence-corrected chi connectivity index (χ2v) is 5.06. The first kappa shape index (κ1) is 14.5. The Morgan fingerprint density at radius 2 is 2.20 bits per heavy atom. The molecule has 0 bridgehead atoms. The lowest BCUT2D eigenvalue weighted by Crippen LogP contribution is -2.45. The summed E-state index contributed by atoms with van der Waals surface area (Å²) >= 11 is 0. The molecule has 1 aliphatic rings. The van der Waals surface area contributed by atoms with Gasteiger partial charge in [0.25, 0.3) is 5.56 Å². The van der Waals surface area contributed by atoms with E-state index >= 15 is 0 Å². The second-order valence-electron chi connectivity index (χ2n) is 5.06. The smallest absolute Gasteiger partial charge is 0.331 e. The van der Waals surface area contributed by atoms with E-state index in [-0.39, 0.29) is 24.1 Å². The molecule has 2 rings (SSSR count). The van der Waals surface area contributed by atoms with Crippen molar-refractivity contribution in [3.8, 4) is 0 Å². The molecule has 1 aromatic heterocycles. The van der Waals surface area contributed by atoms with Crippen molar-refractivity contribution in [1.29, 1.82) is 0 Å². The van der Waals surface area contributed by atoms with Crippen LogP contribution in [-0.2, 0) is 18.4 Å². The van der Waals surface area contributed by atoms with E-state index < -0.39 is 5.69 Å². The van der Waals surface area contributed by atoms with E-state index in [0.717, 1.165) is 30.5 Å². The van der Waals surface area contributed by atoms with E-state index in [1.807, 2.05) is 11.9 Å². The largest absolute Gasteiger partial charge is 0.337 e. The summed E-state index contributed by atoms with van der Waals surface area (Å²) in [6.07, 6.45) is 3.35. The summed E-state index contributed by atoms with van der Waals surface area (Å²) in [5.41, 5.74) is -0.830. The van der Waals surface area contributed by atoms with Crippen LogP contribution in [0.1, 0.15) is 12.8 Å². The average Bonchev–Trinajstić information content (AvgIpc) is 2.88. The van der Waals surface area contributed by atoms with Crippen LogP contribution in [0, 0.1) is 0 Å². The normalized spacial score (nSPS) is 18.5. The van der Waals surface area contributed by atoms with Gasteiger partial charge in [-0.25, -0.2) is 4.79 Å². The molecule has 1 N–H and O–H groups in total. The van der Waals surface area contributed by atoms with E-state index in [4.69, 9.17) is 0 Å². The fourth-order valence-corrected chi connectivity index (χ4v) is 2.59. The number of carbonyl (C=O) groups is 1. The lowest BCUT2D eigenvalue weighted by molar-refractivity contribution is -0.132. The van der Waals surface area contributed by atoms with E-state index in [1.54, 1.807) is 0 Å². The number of hydrogen-bond donors (Lipinski definition) is 1. The Balaban J connectivity index is 2.14. The van der Waals surface area contributed by atoms with Crippen molar-refractivity contribution >= 4 is 5.91 Å². The first-order chi connectivity index (χ1) is 9.54. The van der Waals surface area contributed by atoms with Crippen molar-refractivity contribution in [3.63, 3.8) is 0 Å². The number of likely N-dealkylation sites (N-methyl/N-ethyl adjacent to an activating group) is 1. The van der Waals surface area contributed by atoms with Crippen LogP contribution in [0.4, 0.5) is 0 Å². The highest BCUT2D eigenvalue weighted by Crippen LogP contribution is 2.16. The number of rotatable bonds is 4. The molecule has 2 heterocycles. The van der Waals surface area contributed by atoms with Gasteiger partial charge in [0.1, 0.15) is 6.54 Å². The Bertz CT molecular complexity index is 604. The molecule has 0 saturated carbocycles. The van der Waals surface area contributed by atoms with Gasteiger partial charge in [-0.2, -0.15) is 0 Å². The predicted molar refractivity (Wildman–Crippen MR) is 74.6 cm³/mol. The van der Waals surface area contributed by atoms with Gasteiger partial charge in [-0.3, -0.25) is 18.7 Å². The van der Waals surface area contributed by atoms with Gasteiger partial charge in [0.2, 0.25) is 5.91 Å². The van der Waals surface area contributed by atoms with Crippen LogP contribution >= 0.6 is 0 Å². The molecule has 0 spiro atoms. The number of nitrogens with zero attached hydrogens (tertiary/aromatic N) is 3. The van der Waals surface area contributed by atoms with Crippen molar-refractivity contribution in [1.82, 2.24) is 19.4 Å². The van der Waals surface area contributed by atoms with E-state index in [1.165, 1.54) is 23.9 Å². The molecule has 0 aliphatic carbocycles. The summed E-state index contributed by atoms with van der Waals surface area (Å²) in [6.45, 7) is 1.47. The summed E-state index contributed by atoms with van der Waals surface area (Å²) in [6, 6.07) is 1.49. The predicted octanol–water partition coefficient (Wildman–Crippen LogP) is -1.24. The van der Waals surface area contributed by atoms with E-state index in [2.05, 4.69) is 5.32 Å².